The van der Waals surface area contributed by atoms with E-state index in [1.54, 1.807) is 0 Å². The fourth-order valence-electron chi connectivity index (χ4n) is 2.68. The Kier molecular flexibility index (Phi) is 6.52. The van der Waals surface area contributed by atoms with Crippen LogP contribution in [0.1, 0.15) is 30.1 Å². The molecule has 1 heterocycles. The zero-order valence-corrected chi connectivity index (χ0v) is 13.6. The van der Waals surface area contributed by atoms with Crippen molar-refractivity contribution in [1.82, 2.24) is 15.1 Å². The number of Topliss-reactive ketones (excluding diaryl/α,β-unsaturated/α-hetero) is 1. The first-order valence-corrected chi connectivity index (χ1v) is 8.14. The van der Waals surface area contributed by atoms with Gasteiger partial charge >= 0.3 is 6.03 Å². The molecule has 1 aliphatic heterocycles. The van der Waals surface area contributed by atoms with Gasteiger partial charge in [0.15, 0.2) is 5.78 Å². The van der Waals surface area contributed by atoms with Crippen LogP contribution in [0.15, 0.2) is 24.3 Å². The largest absolute Gasteiger partial charge is 0.338 e. The lowest BCUT2D eigenvalue weighted by atomic mass is 10.1. The van der Waals surface area contributed by atoms with E-state index in [0.29, 0.717) is 18.5 Å². The Hall–Kier alpha value is -1.95. The van der Waals surface area contributed by atoms with Crippen molar-refractivity contribution >= 4 is 11.8 Å². The van der Waals surface area contributed by atoms with Gasteiger partial charge in [-0.3, -0.25) is 9.69 Å². The summed E-state index contributed by atoms with van der Waals surface area (Å²) < 4.78 is 12.8. The number of halogens is 1. The van der Waals surface area contributed by atoms with Crippen LogP contribution in [0.25, 0.3) is 0 Å². The molecule has 1 N–H and O–H groups in total. The number of nitrogens with zero attached hydrogens (tertiary/aromatic N) is 2. The molecule has 1 aromatic carbocycles. The van der Waals surface area contributed by atoms with Gasteiger partial charge in [0.2, 0.25) is 0 Å². The Labute approximate surface area is 136 Å². The second-order valence-electron chi connectivity index (χ2n) is 5.70. The van der Waals surface area contributed by atoms with E-state index >= 15 is 0 Å². The summed E-state index contributed by atoms with van der Waals surface area (Å²) in [5.41, 5.74) is 0.562. The summed E-state index contributed by atoms with van der Waals surface area (Å²) in [6.45, 7) is 6.51. The molecule has 2 amide bonds. The minimum atomic E-state index is -0.327. The molecule has 0 atom stereocenters. The van der Waals surface area contributed by atoms with Crippen LogP contribution in [0.3, 0.4) is 0 Å². The standard InChI is InChI=1S/C17H24FN3O2/c1-2-19-17(23)21-12-10-20(11-13-21)9-3-4-16(22)14-5-7-15(18)8-6-14/h5-8H,2-4,9-13H2,1H3,(H,19,23). The number of piperazine rings is 1. The normalized spacial score (nSPS) is 15.5. The van der Waals surface area contributed by atoms with Gasteiger partial charge in [-0.2, -0.15) is 0 Å². The molecule has 6 heteroatoms. The smallest absolute Gasteiger partial charge is 0.317 e. The second kappa shape index (κ2) is 8.62. The lowest BCUT2D eigenvalue weighted by molar-refractivity contribution is 0.0968. The maximum atomic E-state index is 12.8. The highest BCUT2D eigenvalue weighted by Gasteiger charge is 2.20. The number of ketones is 1. The number of carbonyl (C=O) groups excluding carboxylic acids is 2. The molecule has 5 nitrogen and oxygen atoms in total. The molecule has 0 radical (unpaired) electrons. The third-order valence-electron chi connectivity index (χ3n) is 4.03. The number of carbonyl (C=O) groups is 2. The lowest BCUT2D eigenvalue weighted by Crippen LogP contribution is -2.51. The van der Waals surface area contributed by atoms with Crippen molar-refractivity contribution in [2.45, 2.75) is 19.8 Å². The van der Waals surface area contributed by atoms with E-state index in [1.165, 1.54) is 24.3 Å². The van der Waals surface area contributed by atoms with Gasteiger partial charge in [-0.25, -0.2) is 9.18 Å². The first kappa shape index (κ1) is 17.4. The van der Waals surface area contributed by atoms with Gasteiger partial charge < -0.3 is 10.2 Å². The molecule has 1 fully saturated rings. The van der Waals surface area contributed by atoms with E-state index < -0.39 is 0 Å². The highest BCUT2D eigenvalue weighted by molar-refractivity contribution is 5.95. The molecule has 0 aromatic heterocycles. The highest BCUT2D eigenvalue weighted by Crippen LogP contribution is 2.09. The summed E-state index contributed by atoms with van der Waals surface area (Å²) in [7, 11) is 0. The van der Waals surface area contributed by atoms with E-state index in [4.69, 9.17) is 0 Å². The maximum absolute atomic E-state index is 12.8. The fourth-order valence-corrected chi connectivity index (χ4v) is 2.68. The summed E-state index contributed by atoms with van der Waals surface area (Å²) >= 11 is 0. The van der Waals surface area contributed by atoms with Crippen LogP contribution in [0, 0.1) is 5.82 Å². The average Bonchev–Trinajstić information content (AvgIpc) is 2.56. The topological polar surface area (TPSA) is 52.7 Å². The van der Waals surface area contributed by atoms with E-state index in [2.05, 4.69) is 10.2 Å². The summed E-state index contributed by atoms with van der Waals surface area (Å²) in [4.78, 5) is 27.8. The number of amides is 2. The van der Waals surface area contributed by atoms with Crippen LogP contribution in [-0.2, 0) is 0 Å². The third kappa shape index (κ3) is 5.32. The Morgan fingerprint density at radius 1 is 1.13 bits per heavy atom. The van der Waals surface area contributed by atoms with Gasteiger partial charge in [0.1, 0.15) is 5.82 Å². The molecule has 1 aromatic rings. The second-order valence-corrected chi connectivity index (χ2v) is 5.70. The molecule has 1 saturated heterocycles. The van der Waals surface area contributed by atoms with Crippen LogP contribution in [0.4, 0.5) is 9.18 Å². The van der Waals surface area contributed by atoms with Gasteiger partial charge in [-0.05, 0) is 44.2 Å². The Balaban J connectivity index is 1.66. The number of hydrogen-bond acceptors (Lipinski definition) is 3. The van der Waals surface area contributed by atoms with Crippen LogP contribution in [0.2, 0.25) is 0 Å². The predicted molar refractivity (Wildman–Crippen MR) is 87.1 cm³/mol. The minimum absolute atomic E-state index is 0.00126. The Bertz CT molecular complexity index is 525. The number of benzene rings is 1. The molecule has 0 saturated carbocycles. The fraction of sp³-hybridized carbons (Fsp3) is 0.529. The number of nitrogens with one attached hydrogen (secondary N) is 1. The lowest BCUT2D eigenvalue weighted by Gasteiger charge is -2.34. The van der Waals surface area contributed by atoms with Crippen molar-refractivity contribution in [3.8, 4) is 0 Å². The third-order valence-corrected chi connectivity index (χ3v) is 4.03. The Morgan fingerprint density at radius 3 is 2.39 bits per heavy atom. The van der Waals surface area contributed by atoms with E-state index in [1.807, 2.05) is 11.8 Å². The van der Waals surface area contributed by atoms with Gasteiger partial charge in [0.25, 0.3) is 0 Å². The summed E-state index contributed by atoms with van der Waals surface area (Å²) in [6.07, 6.45) is 1.24. The molecule has 0 spiro atoms. The quantitative estimate of drug-likeness (QED) is 0.817. The molecule has 0 bridgehead atoms. The van der Waals surface area contributed by atoms with Crippen LogP contribution in [-0.4, -0.2) is 60.9 Å². The number of hydrogen-bond donors (Lipinski definition) is 1. The minimum Gasteiger partial charge on any atom is -0.338 e. The molecule has 0 aliphatic carbocycles. The molecular formula is C17H24FN3O2. The average molecular weight is 321 g/mol. The molecule has 23 heavy (non-hydrogen) atoms. The van der Waals surface area contributed by atoms with Gasteiger partial charge in [0.05, 0.1) is 0 Å². The summed E-state index contributed by atoms with van der Waals surface area (Å²) in [5.74, 6) is -0.280. The molecule has 126 valence electrons. The zero-order valence-electron chi connectivity index (χ0n) is 13.6. The van der Waals surface area contributed by atoms with Crippen molar-refractivity contribution < 1.29 is 14.0 Å². The summed E-state index contributed by atoms with van der Waals surface area (Å²) in [5, 5.41) is 2.81. The van der Waals surface area contributed by atoms with Gasteiger partial charge in [-0.15, -0.1) is 0 Å². The SMILES string of the molecule is CCNC(=O)N1CCN(CCCC(=O)c2ccc(F)cc2)CC1. The van der Waals surface area contributed by atoms with Crippen molar-refractivity contribution in [2.24, 2.45) is 0 Å². The van der Waals surface area contributed by atoms with Gasteiger partial charge in [0, 0.05) is 44.7 Å². The van der Waals surface area contributed by atoms with E-state index in [9.17, 15) is 14.0 Å². The predicted octanol–water partition coefficient (Wildman–Crippen LogP) is 2.14. The van der Waals surface area contributed by atoms with Crippen molar-refractivity contribution in [3.63, 3.8) is 0 Å². The van der Waals surface area contributed by atoms with Gasteiger partial charge in [-0.1, -0.05) is 0 Å². The number of urea groups is 1. The van der Waals surface area contributed by atoms with E-state index in [0.717, 1.165) is 39.1 Å². The van der Waals surface area contributed by atoms with Crippen molar-refractivity contribution in [1.29, 1.82) is 0 Å². The maximum Gasteiger partial charge on any atom is 0.317 e. The van der Waals surface area contributed by atoms with Crippen LogP contribution in [0.5, 0.6) is 0 Å². The van der Waals surface area contributed by atoms with Crippen molar-refractivity contribution in [3.05, 3.63) is 35.6 Å². The zero-order chi connectivity index (χ0) is 16.7. The monoisotopic (exact) mass is 321 g/mol. The Morgan fingerprint density at radius 2 is 1.78 bits per heavy atom. The van der Waals surface area contributed by atoms with Crippen LogP contribution >= 0.6 is 0 Å². The molecule has 1 aliphatic rings. The number of rotatable bonds is 6. The molecular weight excluding hydrogens is 297 g/mol. The van der Waals surface area contributed by atoms with Crippen molar-refractivity contribution in [2.75, 3.05) is 39.3 Å². The van der Waals surface area contributed by atoms with E-state index in [-0.39, 0.29) is 17.6 Å². The highest BCUT2D eigenvalue weighted by atomic mass is 19.1. The molecule has 0 unspecified atom stereocenters. The first-order chi connectivity index (χ1) is 11.1. The summed E-state index contributed by atoms with van der Waals surface area (Å²) in [6, 6.07) is 5.69. The first-order valence-electron chi connectivity index (χ1n) is 8.14. The molecule has 2 rings (SSSR count). The van der Waals surface area contributed by atoms with Crippen LogP contribution < -0.4 is 5.32 Å².